The quantitative estimate of drug-likeness (QED) is 0.239. The van der Waals surface area contributed by atoms with Gasteiger partial charge in [0.05, 0.1) is 10.6 Å². The minimum Gasteiger partial charge on any atom is -0.508 e. The number of fused-ring (bicyclic) bond motifs is 5. The van der Waals surface area contributed by atoms with Gasteiger partial charge in [-0.15, -0.1) is 0 Å². The Balaban J connectivity index is 1.26. The number of allylic oxidation sites excluding steroid dienone is 1. The molecule has 228 valence electrons. The van der Waals surface area contributed by atoms with Gasteiger partial charge in [0.1, 0.15) is 23.7 Å². The molecule has 0 amide bonds. The molecule has 1 aromatic heterocycles. The minimum atomic E-state index is -0.538. The van der Waals surface area contributed by atoms with Crippen LogP contribution in [0, 0.1) is 5.82 Å². The molecule has 4 aliphatic heterocycles. The Morgan fingerprint density at radius 1 is 1.11 bits per heavy atom. The van der Waals surface area contributed by atoms with Crippen molar-refractivity contribution < 1.29 is 14.2 Å². The van der Waals surface area contributed by atoms with E-state index in [1.807, 2.05) is 24.3 Å². The SMILES string of the molecule is C/C=C1\CN2CCC[C@]2(COc2nc(N3CC[C@H]4CC[C@@H](C3)N4)c3cc(Cl)c(-c4cc(O)cc5ccccc45)c(F)c3n2)C1. The van der Waals surface area contributed by atoms with E-state index in [4.69, 9.17) is 26.3 Å². The summed E-state index contributed by atoms with van der Waals surface area (Å²) in [6, 6.07) is 13.7. The van der Waals surface area contributed by atoms with Gasteiger partial charge in [0.15, 0.2) is 5.82 Å². The molecule has 4 fully saturated rings. The molecular weight excluding hydrogens is 577 g/mol. The fourth-order valence-electron chi connectivity index (χ4n) is 8.12. The van der Waals surface area contributed by atoms with Gasteiger partial charge in [-0.2, -0.15) is 9.97 Å². The monoisotopic (exact) mass is 613 g/mol. The number of ether oxygens (including phenoxy) is 1. The number of hydrogen-bond acceptors (Lipinski definition) is 7. The van der Waals surface area contributed by atoms with Gasteiger partial charge in [0.25, 0.3) is 0 Å². The van der Waals surface area contributed by atoms with Crippen molar-refractivity contribution in [1.29, 1.82) is 0 Å². The van der Waals surface area contributed by atoms with Crippen LogP contribution in [-0.4, -0.2) is 70.4 Å². The number of phenolic OH excluding ortho intramolecular Hbond substituents is 1. The van der Waals surface area contributed by atoms with E-state index in [0.717, 1.165) is 69.1 Å². The van der Waals surface area contributed by atoms with Gasteiger partial charge >= 0.3 is 6.01 Å². The first-order chi connectivity index (χ1) is 21.4. The van der Waals surface area contributed by atoms with Gasteiger partial charge in [-0.05, 0) is 86.5 Å². The number of phenols is 1. The third-order valence-electron chi connectivity index (χ3n) is 10.4. The molecule has 3 aromatic carbocycles. The van der Waals surface area contributed by atoms with Crippen LogP contribution >= 0.6 is 11.6 Å². The molecule has 5 heterocycles. The molecule has 0 saturated carbocycles. The number of halogens is 2. The summed E-state index contributed by atoms with van der Waals surface area (Å²) < 4.78 is 23.4. The van der Waals surface area contributed by atoms with Gasteiger partial charge < -0.3 is 20.1 Å². The molecule has 0 unspecified atom stereocenters. The summed E-state index contributed by atoms with van der Waals surface area (Å²) in [6.07, 6.45) is 8.69. The summed E-state index contributed by atoms with van der Waals surface area (Å²) in [5.74, 6) is 0.170. The van der Waals surface area contributed by atoms with Crippen LogP contribution in [0.5, 0.6) is 11.8 Å². The molecule has 4 aromatic rings. The second kappa shape index (κ2) is 10.9. The van der Waals surface area contributed by atoms with E-state index in [-0.39, 0.29) is 33.4 Å². The maximum Gasteiger partial charge on any atom is 0.319 e. The van der Waals surface area contributed by atoms with E-state index < -0.39 is 5.82 Å². The summed E-state index contributed by atoms with van der Waals surface area (Å²) in [6.45, 7) is 6.18. The number of aromatic nitrogens is 2. The van der Waals surface area contributed by atoms with Crippen LogP contribution in [0.1, 0.15) is 45.4 Å². The van der Waals surface area contributed by atoms with Gasteiger partial charge in [-0.25, -0.2) is 4.39 Å². The normalized spacial score (nSPS) is 26.2. The number of anilines is 1. The lowest BCUT2D eigenvalue weighted by Gasteiger charge is -2.31. The zero-order valence-corrected chi connectivity index (χ0v) is 25.7. The second-order valence-corrected chi connectivity index (χ2v) is 13.4. The molecule has 44 heavy (non-hydrogen) atoms. The van der Waals surface area contributed by atoms with E-state index >= 15 is 4.39 Å². The Morgan fingerprint density at radius 2 is 1.98 bits per heavy atom. The number of benzene rings is 3. The smallest absolute Gasteiger partial charge is 0.319 e. The van der Waals surface area contributed by atoms with Crippen molar-refractivity contribution in [2.45, 2.75) is 63.1 Å². The molecule has 0 spiro atoms. The summed E-state index contributed by atoms with van der Waals surface area (Å²) in [5.41, 5.74) is 2.28. The summed E-state index contributed by atoms with van der Waals surface area (Å²) in [4.78, 5) is 14.5. The van der Waals surface area contributed by atoms with E-state index in [0.29, 0.717) is 35.5 Å². The lowest BCUT2D eigenvalue weighted by atomic mass is 9.93. The highest BCUT2D eigenvalue weighted by Crippen LogP contribution is 2.44. The number of rotatable bonds is 5. The molecule has 2 N–H and O–H groups in total. The molecule has 7 nitrogen and oxygen atoms in total. The first-order valence-corrected chi connectivity index (χ1v) is 16.2. The number of nitrogens with one attached hydrogen (secondary N) is 1. The number of nitrogens with zero attached hydrogens (tertiary/aromatic N) is 4. The van der Waals surface area contributed by atoms with E-state index in [9.17, 15) is 5.11 Å². The summed E-state index contributed by atoms with van der Waals surface area (Å²) >= 11 is 6.93. The highest BCUT2D eigenvalue weighted by Gasteiger charge is 2.47. The molecule has 2 bridgehead atoms. The Labute approximate surface area is 261 Å². The fourth-order valence-corrected chi connectivity index (χ4v) is 8.41. The first-order valence-electron chi connectivity index (χ1n) is 15.9. The van der Waals surface area contributed by atoms with E-state index in [1.165, 1.54) is 12.0 Å². The van der Waals surface area contributed by atoms with Crippen LogP contribution in [0.25, 0.3) is 32.8 Å². The highest BCUT2D eigenvalue weighted by atomic mass is 35.5. The Bertz CT molecular complexity index is 1810. The van der Waals surface area contributed by atoms with Crippen LogP contribution in [0.4, 0.5) is 10.2 Å². The largest absolute Gasteiger partial charge is 0.508 e. The maximum atomic E-state index is 16.9. The maximum absolute atomic E-state index is 16.9. The van der Waals surface area contributed by atoms with Gasteiger partial charge in [0.2, 0.25) is 0 Å². The van der Waals surface area contributed by atoms with Crippen molar-refractivity contribution in [2.75, 3.05) is 37.7 Å². The molecular formula is C35H37ClFN5O2. The van der Waals surface area contributed by atoms with Crippen molar-refractivity contribution in [3.8, 4) is 22.9 Å². The molecule has 4 saturated heterocycles. The van der Waals surface area contributed by atoms with Crippen molar-refractivity contribution in [1.82, 2.24) is 20.2 Å². The van der Waals surface area contributed by atoms with Crippen molar-refractivity contribution in [3.63, 3.8) is 0 Å². The third-order valence-corrected chi connectivity index (χ3v) is 10.6. The topological polar surface area (TPSA) is 73.8 Å². The van der Waals surface area contributed by atoms with Crippen LogP contribution in [0.2, 0.25) is 5.02 Å². The zero-order valence-electron chi connectivity index (χ0n) is 25.0. The van der Waals surface area contributed by atoms with Gasteiger partial charge in [-0.1, -0.05) is 47.5 Å². The Morgan fingerprint density at radius 3 is 2.86 bits per heavy atom. The summed E-state index contributed by atoms with van der Waals surface area (Å²) in [5, 5.41) is 16.7. The van der Waals surface area contributed by atoms with Crippen molar-refractivity contribution in [2.24, 2.45) is 0 Å². The first kappa shape index (κ1) is 28.0. The molecule has 0 radical (unpaired) electrons. The highest BCUT2D eigenvalue weighted by molar-refractivity contribution is 6.35. The summed E-state index contributed by atoms with van der Waals surface area (Å²) in [7, 11) is 0. The zero-order chi connectivity index (χ0) is 30.0. The van der Waals surface area contributed by atoms with Crippen LogP contribution in [-0.2, 0) is 0 Å². The molecule has 0 aliphatic carbocycles. The Kier molecular flexibility index (Phi) is 6.92. The standard InChI is InChI=1S/C35H37ClFN5O2/c1-2-21-17-35(11-5-12-42(35)18-21)20-44-34-39-32-28(33(40-34)41-13-10-23-8-9-24(19-41)38-23)16-29(36)30(31(32)37)27-15-25(43)14-22-6-3-4-7-26(22)27/h2-4,6-7,14-16,23-24,38,43H,5,8-13,17-20H2,1H3/b21-2-/t23-,24+,35-/m1/s1. The second-order valence-electron chi connectivity index (χ2n) is 13.0. The lowest BCUT2D eigenvalue weighted by molar-refractivity contribution is 0.108. The third kappa shape index (κ3) is 4.70. The van der Waals surface area contributed by atoms with E-state index in [1.54, 1.807) is 18.2 Å². The molecule has 4 aliphatic rings. The predicted molar refractivity (Wildman–Crippen MR) is 173 cm³/mol. The minimum absolute atomic E-state index is 0.0474. The van der Waals surface area contributed by atoms with Crippen LogP contribution in [0.3, 0.4) is 0 Å². The predicted octanol–water partition coefficient (Wildman–Crippen LogP) is 6.84. The van der Waals surface area contributed by atoms with Gasteiger partial charge in [-0.3, -0.25) is 4.90 Å². The molecule has 3 atom stereocenters. The number of aromatic hydroxyl groups is 1. The van der Waals surface area contributed by atoms with E-state index in [2.05, 4.69) is 28.1 Å². The molecule has 9 heteroatoms. The van der Waals surface area contributed by atoms with Gasteiger partial charge in [0, 0.05) is 42.7 Å². The van der Waals surface area contributed by atoms with Crippen molar-refractivity contribution in [3.05, 3.63) is 65.0 Å². The lowest BCUT2D eigenvalue weighted by Crippen LogP contribution is -2.43. The number of hydrogen-bond donors (Lipinski definition) is 2. The molecule has 8 rings (SSSR count). The average Bonchev–Trinajstić information content (AvgIpc) is 3.67. The average molecular weight is 614 g/mol. The fraction of sp³-hybridized carbons (Fsp3) is 0.429. The Hall–Kier alpha value is -3.46. The van der Waals surface area contributed by atoms with Crippen LogP contribution < -0.4 is 15.0 Å². The van der Waals surface area contributed by atoms with Crippen molar-refractivity contribution >= 4 is 39.1 Å². The van der Waals surface area contributed by atoms with Crippen LogP contribution in [0.15, 0.2) is 54.1 Å².